The third kappa shape index (κ3) is 4.05. The van der Waals surface area contributed by atoms with E-state index in [1.165, 1.54) is 6.26 Å². The highest BCUT2D eigenvalue weighted by Crippen LogP contribution is 2.26. The molecule has 2 aromatic rings. The number of hydrogen-bond donors (Lipinski definition) is 2. The lowest BCUT2D eigenvalue weighted by Crippen LogP contribution is -2.19. The van der Waals surface area contributed by atoms with E-state index >= 15 is 0 Å². The molecule has 1 aromatic heterocycles. The fourth-order valence-corrected chi connectivity index (χ4v) is 2.12. The lowest BCUT2D eigenvalue weighted by molar-refractivity contribution is 0.102. The van der Waals surface area contributed by atoms with Crippen LogP contribution < -0.4 is 20.5 Å². The third-order valence-electron chi connectivity index (χ3n) is 3.91. The molecule has 1 amide bonds. The zero-order chi connectivity index (χ0) is 17.7. The lowest BCUT2D eigenvalue weighted by atomic mass is 10.0. The average molecular weight is 333 g/mol. The first-order chi connectivity index (χ1) is 11.5. The number of hydrogen-bond acceptors (Lipinski definition) is 6. The van der Waals surface area contributed by atoms with Crippen LogP contribution in [0.25, 0.3) is 0 Å². The number of anilines is 1. The molecule has 0 spiro atoms. The van der Waals surface area contributed by atoms with E-state index in [2.05, 4.69) is 10.3 Å². The number of nitrogens with one attached hydrogen (secondary N) is 1. The summed E-state index contributed by atoms with van der Waals surface area (Å²) in [7, 11) is 3.08. The van der Waals surface area contributed by atoms with Gasteiger partial charge in [0, 0.05) is 23.9 Å². The zero-order valence-corrected chi connectivity index (χ0v) is 14.3. The molecular formula is C17H23N3O4. The summed E-state index contributed by atoms with van der Waals surface area (Å²) in [6, 6.07) is 4.75. The monoisotopic (exact) mass is 333 g/mol. The number of nitrogens with zero attached hydrogens (tertiary/aromatic N) is 1. The van der Waals surface area contributed by atoms with Crippen molar-refractivity contribution in [3.05, 3.63) is 36.0 Å². The number of rotatable bonds is 7. The molecule has 0 saturated carbocycles. The van der Waals surface area contributed by atoms with Crippen LogP contribution >= 0.6 is 0 Å². The van der Waals surface area contributed by atoms with Crippen LogP contribution in [0.15, 0.2) is 28.9 Å². The molecule has 0 aliphatic carbocycles. The molecule has 2 atom stereocenters. The highest BCUT2D eigenvalue weighted by molar-refractivity contribution is 6.02. The normalized spacial score (nSPS) is 13.2. The number of carbonyl (C=O) groups excluding carboxylic acids is 1. The summed E-state index contributed by atoms with van der Waals surface area (Å²) in [5, 5.41) is 2.74. The summed E-state index contributed by atoms with van der Waals surface area (Å²) >= 11 is 0. The highest BCUT2D eigenvalue weighted by atomic mass is 16.5. The minimum atomic E-state index is -0.392. The lowest BCUT2D eigenvalue weighted by Gasteiger charge is -2.13. The maximum Gasteiger partial charge on any atom is 0.277 e. The van der Waals surface area contributed by atoms with Gasteiger partial charge in [0.1, 0.15) is 17.8 Å². The minimum absolute atomic E-state index is 0.172. The van der Waals surface area contributed by atoms with Crippen molar-refractivity contribution in [1.82, 2.24) is 4.98 Å². The maximum absolute atomic E-state index is 12.3. The Morgan fingerprint density at radius 3 is 2.46 bits per heavy atom. The number of amides is 1. The number of ether oxygens (including phenoxy) is 2. The Morgan fingerprint density at radius 2 is 1.92 bits per heavy atom. The SMILES string of the molecule is CCC(C)C(N)c1nc(C(=O)Nc2cc(OC)cc(OC)c2)co1. The van der Waals surface area contributed by atoms with Gasteiger partial charge in [-0.3, -0.25) is 4.79 Å². The Kier molecular flexibility index (Phi) is 5.81. The van der Waals surface area contributed by atoms with Crippen molar-refractivity contribution in [3.63, 3.8) is 0 Å². The van der Waals surface area contributed by atoms with Crippen LogP contribution in [0.1, 0.15) is 42.7 Å². The van der Waals surface area contributed by atoms with Gasteiger partial charge >= 0.3 is 0 Å². The third-order valence-corrected chi connectivity index (χ3v) is 3.91. The summed E-state index contributed by atoms with van der Waals surface area (Å²) < 4.78 is 15.7. The molecule has 130 valence electrons. The molecule has 0 aliphatic heterocycles. The van der Waals surface area contributed by atoms with E-state index in [0.717, 1.165) is 6.42 Å². The second-order valence-corrected chi connectivity index (χ2v) is 5.54. The molecule has 1 aromatic carbocycles. The van der Waals surface area contributed by atoms with Gasteiger partial charge in [0.25, 0.3) is 5.91 Å². The van der Waals surface area contributed by atoms with Gasteiger partial charge in [-0.25, -0.2) is 4.98 Å². The topological polar surface area (TPSA) is 99.6 Å². The molecule has 7 heteroatoms. The van der Waals surface area contributed by atoms with Crippen LogP contribution in [0, 0.1) is 5.92 Å². The van der Waals surface area contributed by atoms with Gasteiger partial charge in [0.05, 0.1) is 20.3 Å². The first kappa shape index (κ1) is 17.8. The van der Waals surface area contributed by atoms with E-state index in [1.807, 2.05) is 13.8 Å². The largest absolute Gasteiger partial charge is 0.497 e. The van der Waals surface area contributed by atoms with E-state index in [-0.39, 0.29) is 17.7 Å². The molecule has 1 heterocycles. The Labute approximate surface area is 141 Å². The van der Waals surface area contributed by atoms with Gasteiger partial charge in [0.2, 0.25) is 5.89 Å². The molecular weight excluding hydrogens is 310 g/mol. The summed E-state index contributed by atoms with van der Waals surface area (Å²) in [5.41, 5.74) is 6.78. The molecule has 0 aliphatic rings. The van der Waals surface area contributed by atoms with E-state index < -0.39 is 5.91 Å². The van der Waals surface area contributed by atoms with Crippen molar-refractivity contribution in [3.8, 4) is 11.5 Å². The number of benzene rings is 1. The van der Waals surface area contributed by atoms with Gasteiger partial charge in [-0.1, -0.05) is 20.3 Å². The van der Waals surface area contributed by atoms with Gasteiger partial charge in [-0.2, -0.15) is 0 Å². The van der Waals surface area contributed by atoms with Crippen LogP contribution in [-0.4, -0.2) is 25.1 Å². The van der Waals surface area contributed by atoms with Crippen LogP contribution in [0.4, 0.5) is 5.69 Å². The Hall–Kier alpha value is -2.54. The summed E-state index contributed by atoms with van der Waals surface area (Å²) in [5.74, 6) is 1.32. The molecule has 0 bridgehead atoms. The van der Waals surface area contributed by atoms with Crippen molar-refractivity contribution in [1.29, 1.82) is 0 Å². The van der Waals surface area contributed by atoms with Crippen molar-refractivity contribution in [2.75, 3.05) is 19.5 Å². The summed E-state index contributed by atoms with van der Waals surface area (Å²) in [6.07, 6.45) is 2.21. The zero-order valence-electron chi connectivity index (χ0n) is 14.3. The van der Waals surface area contributed by atoms with E-state index in [0.29, 0.717) is 23.1 Å². The van der Waals surface area contributed by atoms with Gasteiger partial charge < -0.3 is 24.9 Å². The molecule has 0 fully saturated rings. The molecule has 2 rings (SSSR count). The highest BCUT2D eigenvalue weighted by Gasteiger charge is 2.21. The fourth-order valence-electron chi connectivity index (χ4n) is 2.12. The smallest absolute Gasteiger partial charge is 0.277 e. The predicted octanol–water partition coefficient (Wildman–Crippen LogP) is 2.99. The van der Waals surface area contributed by atoms with Crippen LogP contribution in [0.2, 0.25) is 0 Å². The number of nitrogens with two attached hydrogens (primary N) is 1. The first-order valence-corrected chi connectivity index (χ1v) is 7.73. The summed E-state index contributed by atoms with van der Waals surface area (Å²) in [6.45, 7) is 4.05. The molecule has 24 heavy (non-hydrogen) atoms. The summed E-state index contributed by atoms with van der Waals surface area (Å²) in [4.78, 5) is 16.5. The van der Waals surface area contributed by atoms with Crippen LogP contribution in [0.3, 0.4) is 0 Å². The second-order valence-electron chi connectivity index (χ2n) is 5.54. The standard InChI is InChI=1S/C17H23N3O4/c1-5-10(2)15(18)17-20-14(9-24-17)16(21)19-11-6-12(22-3)8-13(7-11)23-4/h6-10,15H,5,18H2,1-4H3,(H,19,21). The number of oxazole rings is 1. The number of methoxy groups -OCH3 is 2. The van der Waals surface area contributed by atoms with Crippen molar-refractivity contribution < 1.29 is 18.7 Å². The average Bonchev–Trinajstić information content (AvgIpc) is 3.10. The van der Waals surface area contributed by atoms with Crippen molar-refractivity contribution >= 4 is 11.6 Å². The maximum atomic E-state index is 12.3. The van der Waals surface area contributed by atoms with E-state index in [1.54, 1.807) is 32.4 Å². The van der Waals surface area contributed by atoms with Crippen molar-refractivity contribution in [2.45, 2.75) is 26.3 Å². The Morgan fingerprint density at radius 1 is 1.29 bits per heavy atom. The van der Waals surface area contributed by atoms with Gasteiger partial charge in [-0.05, 0) is 5.92 Å². The Balaban J connectivity index is 2.14. The number of carbonyl (C=O) groups is 1. The van der Waals surface area contributed by atoms with Crippen LogP contribution in [0.5, 0.6) is 11.5 Å². The molecule has 2 unspecified atom stereocenters. The second kappa shape index (κ2) is 7.83. The minimum Gasteiger partial charge on any atom is -0.497 e. The molecule has 0 saturated heterocycles. The predicted molar refractivity (Wildman–Crippen MR) is 90.4 cm³/mol. The van der Waals surface area contributed by atoms with Crippen molar-refractivity contribution in [2.24, 2.45) is 11.7 Å². The van der Waals surface area contributed by atoms with Crippen LogP contribution in [-0.2, 0) is 0 Å². The quantitative estimate of drug-likeness (QED) is 0.808. The van der Waals surface area contributed by atoms with E-state index in [9.17, 15) is 4.79 Å². The Bertz CT molecular complexity index is 677. The van der Waals surface area contributed by atoms with E-state index in [4.69, 9.17) is 19.6 Å². The number of aromatic nitrogens is 1. The molecule has 0 radical (unpaired) electrons. The van der Waals surface area contributed by atoms with Gasteiger partial charge in [0.15, 0.2) is 5.69 Å². The van der Waals surface area contributed by atoms with Gasteiger partial charge in [-0.15, -0.1) is 0 Å². The molecule has 3 N–H and O–H groups in total. The fraction of sp³-hybridized carbons (Fsp3) is 0.412. The first-order valence-electron chi connectivity index (χ1n) is 7.73. The molecule has 7 nitrogen and oxygen atoms in total.